The van der Waals surface area contributed by atoms with E-state index in [4.69, 9.17) is 4.52 Å². The third-order valence-corrected chi connectivity index (χ3v) is 4.22. The second-order valence-electron chi connectivity index (χ2n) is 6.73. The summed E-state index contributed by atoms with van der Waals surface area (Å²) in [6.45, 7) is 2.72. The van der Waals surface area contributed by atoms with Crippen molar-refractivity contribution >= 4 is 11.8 Å². The van der Waals surface area contributed by atoms with Crippen LogP contribution in [0, 0.1) is 0 Å². The molecule has 0 amide bonds. The predicted molar refractivity (Wildman–Crippen MR) is 106 cm³/mol. The van der Waals surface area contributed by atoms with Crippen LogP contribution in [0.3, 0.4) is 0 Å². The Morgan fingerprint density at radius 2 is 1.70 bits per heavy atom. The average molecular weight is 364 g/mol. The van der Waals surface area contributed by atoms with Crippen molar-refractivity contribution in [3.05, 3.63) is 78.0 Å². The first-order valence-electron chi connectivity index (χ1n) is 9.06. The zero-order chi connectivity index (χ0) is 19.1. The maximum atomic E-state index is 5.45. The largest absolute Gasteiger partial charge is 0.349 e. The summed E-state index contributed by atoms with van der Waals surface area (Å²) >= 11 is 0. The molecule has 1 aromatic heterocycles. The first-order valence-corrected chi connectivity index (χ1v) is 9.06. The molecule has 1 N–H and O–H groups in total. The molecule has 1 atom stereocenters. The second-order valence-corrected chi connectivity index (χ2v) is 6.73. The summed E-state index contributed by atoms with van der Waals surface area (Å²) in [6.07, 6.45) is 2.76. The van der Waals surface area contributed by atoms with E-state index in [1.165, 1.54) is 5.56 Å². The number of nitrogens with one attached hydrogen (secondary N) is 1. The summed E-state index contributed by atoms with van der Waals surface area (Å²) < 4.78 is 7.28. The van der Waals surface area contributed by atoms with E-state index >= 15 is 0 Å². The maximum Gasteiger partial charge on any atom is 0.302 e. The summed E-state index contributed by atoms with van der Waals surface area (Å²) in [5.74, 6) is 1.29. The van der Waals surface area contributed by atoms with Gasteiger partial charge in [-0.15, -0.1) is 0 Å². The van der Waals surface area contributed by atoms with E-state index in [2.05, 4.69) is 58.9 Å². The molecule has 0 aliphatic heterocycles. The molecule has 27 heavy (non-hydrogen) atoms. The van der Waals surface area contributed by atoms with Gasteiger partial charge in [0.2, 0.25) is 11.2 Å². The molecule has 0 radical (unpaired) electrons. The molecule has 0 unspecified atom stereocenters. The fraction of sp³-hybridized carbons (Fsp3) is 0.286. The zero-order valence-electron chi connectivity index (χ0n) is 16.0. The topological polar surface area (TPSA) is 57.5 Å². The Hall–Kier alpha value is -3.15. The molecule has 0 spiro atoms. The van der Waals surface area contributed by atoms with Crippen molar-refractivity contribution in [2.75, 3.05) is 19.4 Å². The van der Waals surface area contributed by atoms with Crippen LogP contribution in [0.4, 0.5) is 5.88 Å². The van der Waals surface area contributed by atoms with Crippen LogP contribution in [0.15, 0.2) is 76.4 Å². The number of guanidine groups is 1. The van der Waals surface area contributed by atoms with Gasteiger partial charge in [-0.1, -0.05) is 60.7 Å². The van der Waals surface area contributed by atoms with Crippen molar-refractivity contribution in [1.82, 2.24) is 10.2 Å². The van der Waals surface area contributed by atoms with Gasteiger partial charge in [-0.25, -0.2) is 4.99 Å². The molecule has 0 bridgehead atoms. The van der Waals surface area contributed by atoms with Gasteiger partial charge in [0.05, 0.1) is 6.54 Å². The Labute approximate surface area is 160 Å². The quantitative estimate of drug-likeness (QED) is 0.414. The Bertz CT molecular complexity index is 859. The molecular formula is C21H26N5O+. The van der Waals surface area contributed by atoms with Gasteiger partial charge >= 0.3 is 5.88 Å². The predicted octanol–water partition coefficient (Wildman–Crippen LogP) is 3.30. The van der Waals surface area contributed by atoms with Crippen molar-refractivity contribution in [2.45, 2.75) is 25.9 Å². The molecule has 6 nitrogen and oxygen atoms in total. The normalized spacial score (nSPS) is 12.6. The number of anilines is 1. The summed E-state index contributed by atoms with van der Waals surface area (Å²) in [4.78, 5) is 6.56. The van der Waals surface area contributed by atoms with E-state index in [9.17, 15) is 0 Å². The molecule has 140 valence electrons. The van der Waals surface area contributed by atoms with Gasteiger partial charge in [0.25, 0.3) is 6.20 Å². The maximum absolute atomic E-state index is 5.45. The van der Waals surface area contributed by atoms with Crippen LogP contribution in [-0.4, -0.2) is 30.2 Å². The molecule has 6 heteroatoms. The fourth-order valence-electron chi connectivity index (χ4n) is 2.72. The molecule has 0 saturated heterocycles. The lowest BCUT2D eigenvalue weighted by atomic mass is 10.1. The second kappa shape index (κ2) is 8.98. The SMILES string of the molecule is C[C@@H](Cc1ccccc1)[n+]1cc(NC(=NCc2ccccc2)N(C)C)on1. The number of aliphatic imine (C=N–C) groups is 1. The minimum atomic E-state index is 0.191. The molecule has 2 aromatic carbocycles. The Balaban J connectivity index is 1.65. The molecular weight excluding hydrogens is 338 g/mol. The number of hydrogen-bond acceptors (Lipinski definition) is 3. The van der Waals surface area contributed by atoms with E-state index in [1.807, 2.05) is 54.1 Å². The van der Waals surface area contributed by atoms with Crippen molar-refractivity contribution in [1.29, 1.82) is 0 Å². The molecule has 3 aromatic rings. The Morgan fingerprint density at radius 3 is 2.33 bits per heavy atom. The molecule has 0 aliphatic rings. The van der Waals surface area contributed by atoms with Crippen molar-refractivity contribution in [3.8, 4) is 0 Å². The number of benzene rings is 2. The third kappa shape index (κ3) is 5.41. The summed E-state index contributed by atoms with van der Waals surface area (Å²) in [5, 5.41) is 7.36. The van der Waals surface area contributed by atoms with Crippen LogP contribution in [0.2, 0.25) is 0 Å². The fourth-order valence-corrected chi connectivity index (χ4v) is 2.72. The van der Waals surface area contributed by atoms with Crippen LogP contribution in [0.5, 0.6) is 0 Å². The van der Waals surface area contributed by atoms with E-state index in [0.717, 1.165) is 17.9 Å². The molecule has 3 rings (SSSR count). The van der Waals surface area contributed by atoms with Crippen LogP contribution in [0.25, 0.3) is 0 Å². The lowest BCUT2D eigenvalue weighted by Gasteiger charge is -2.15. The van der Waals surface area contributed by atoms with Crippen LogP contribution >= 0.6 is 0 Å². The Morgan fingerprint density at radius 1 is 1.07 bits per heavy atom. The first-order chi connectivity index (χ1) is 13.1. The monoisotopic (exact) mass is 364 g/mol. The van der Waals surface area contributed by atoms with E-state index < -0.39 is 0 Å². The van der Waals surface area contributed by atoms with Gasteiger partial charge < -0.3 is 4.90 Å². The lowest BCUT2D eigenvalue weighted by molar-refractivity contribution is -0.782. The van der Waals surface area contributed by atoms with Crippen molar-refractivity contribution in [2.24, 2.45) is 4.99 Å². The highest BCUT2D eigenvalue weighted by Crippen LogP contribution is 2.10. The average Bonchev–Trinajstić information content (AvgIpc) is 3.15. The molecule has 0 aliphatic carbocycles. The minimum Gasteiger partial charge on any atom is -0.349 e. The number of hydrogen-bond donors (Lipinski definition) is 1. The number of rotatable bonds is 6. The van der Waals surface area contributed by atoms with Gasteiger partial charge in [-0.05, 0) is 15.8 Å². The van der Waals surface area contributed by atoms with Gasteiger partial charge in [0.15, 0.2) is 6.04 Å². The van der Waals surface area contributed by atoms with E-state index in [0.29, 0.717) is 12.4 Å². The molecule has 0 fully saturated rings. The van der Waals surface area contributed by atoms with Gasteiger partial charge in [-0.2, -0.15) is 0 Å². The smallest absolute Gasteiger partial charge is 0.302 e. The van der Waals surface area contributed by atoms with Gasteiger partial charge in [0.1, 0.15) is 0 Å². The summed E-state index contributed by atoms with van der Waals surface area (Å²) in [6, 6.07) is 20.7. The molecule has 1 heterocycles. The zero-order valence-corrected chi connectivity index (χ0v) is 16.0. The van der Waals surface area contributed by atoms with Crippen molar-refractivity contribution < 1.29 is 9.20 Å². The standard InChI is InChI=1S/C21H26N5O/c1-17(14-18-10-6-4-7-11-18)26-16-20(27-24-26)23-21(25(2)3)22-15-19-12-8-5-9-13-19/h4-13,16-17H,14-15H2,1-3H3,(H,22,23)/q+1/t17-/m0/s1. The number of nitrogens with zero attached hydrogens (tertiary/aromatic N) is 4. The summed E-state index contributed by atoms with van der Waals surface area (Å²) in [7, 11) is 3.89. The minimum absolute atomic E-state index is 0.191. The van der Waals surface area contributed by atoms with Crippen molar-refractivity contribution in [3.63, 3.8) is 0 Å². The highest BCUT2D eigenvalue weighted by Gasteiger charge is 2.21. The molecule has 0 saturated carbocycles. The van der Waals surface area contributed by atoms with Crippen LogP contribution < -0.4 is 10.00 Å². The lowest BCUT2D eigenvalue weighted by Crippen LogP contribution is -2.40. The van der Waals surface area contributed by atoms with E-state index in [-0.39, 0.29) is 6.04 Å². The highest BCUT2D eigenvalue weighted by molar-refractivity contribution is 5.91. The van der Waals surface area contributed by atoms with Crippen LogP contribution in [0.1, 0.15) is 24.1 Å². The number of aromatic nitrogens is 2. The Kier molecular flexibility index (Phi) is 6.20. The van der Waals surface area contributed by atoms with E-state index in [1.54, 1.807) is 0 Å². The highest BCUT2D eigenvalue weighted by atomic mass is 16.5. The first kappa shape index (κ1) is 18.6. The van der Waals surface area contributed by atoms with Gasteiger partial charge in [-0.3, -0.25) is 9.84 Å². The third-order valence-electron chi connectivity index (χ3n) is 4.22. The summed E-state index contributed by atoms with van der Waals surface area (Å²) in [5.41, 5.74) is 2.43. The van der Waals surface area contributed by atoms with Crippen LogP contribution in [-0.2, 0) is 13.0 Å². The van der Waals surface area contributed by atoms with Gasteiger partial charge in [0, 0.05) is 27.4 Å².